The molecule has 0 N–H and O–H groups in total. The highest BCUT2D eigenvalue weighted by atomic mass is 35.5. The van der Waals surface area contributed by atoms with Crippen molar-refractivity contribution in [2.45, 2.75) is 12.7 Å². The van der Waals surface area contributed by atoms with E-state index in [2.05, 4.69) is 6.92 Å². The van der Waals surface area contributed by atoms with Crippen molar-refractivity contribution in [1.29, 1.82) is 0 Å². The summed E-state index contributed by atoms with van der Waals surface area (Å²) in [5, 5.41) is 0. The summed E-state index contributed by atoms with van der Waals surface area (Å²) in [5.74, 6) is 2.94. The summed E-state index contributed by atoms with van der Waals surface area (Å²) in [6.45, 7) is 2.12. The third-order valence-corrected chi connectivity index (χ3v) is 3.69. The molecule has 0 fully saturated rings. The lowest BCUT2D eigenvalue weighted by Gasteiger charge is -2.06. The van der Waals surface area contributed by atoms with Crippen molar-refractivity contribution in [1.82, 2.24) is 0 Å². The highest BCUT2D eigenvalue weighted by molar-refractivity contribution is 7.98. The van der Waals surface area contributed by atoms with Gasteiger partial charge in [0.25, 0.3) is 0 Å². The zero-order valence-electron chi connectivity index (χ0n) is 8.17. The van der Waals surface area contributed by atoms with Crippen LogP contribution in [0.3, 0.4) is 0 Å². The third kappa shape index (κ3) is 4.34. The Morgan fingerprint density at radius 1 is 1.50 bits per heavy atom. The van der Waals surface area contributed by atoms with Gasteiger partial charge in [0, 0.05) is 11.6 Å². The highest BCUT2D eigenvalue weighted by Gasteiger charge is 2.00. The van der Waals surface area contributed by atoms with Crippen LogP contribution in [-0.2, 0) is 5.75 Å². The van der Waals surface area contributed by atoms with Gasteiger partial charge in [-0.2, -0.15) is 11.8 Å². The molecule has 0 radical (unpaired) electrons. The number of hydrogen-bond acceptors (Lipinski definition) is 1. The van der Waals surface area contributed by atoms with E-state index < -0.39 is 0 Å². The van der Waals surface area contributed by atoms with E-state index in [-0.39, 0.29) is 5.82 Å². The molecule has 0 amide bonds. The lowest BCUT2D eigenvalue weighted by molar-refractivity contribution is 0.626. The van der Waals surface area contributed by atoms with Crippen LogP contribution < -0.4 is 0 Å². The fourth-order valence-electron chi connectivity index (χ4n) is 1.05. The van der Waals surface area contributed by atoms with Crippen LogP contribution in [0.15, 0.2) is 24.3 Å². The maximum atomic E-state index is 12.8. The quantitative estimate of drug-likeness (QED) is 0.694. The molecule has 0 spiro atoms. The van der Waals surface area contributed by atoms with Crippen molar-refractivity contribution in [2.75, 3.05) is 11.6 Å². The summed E-state index contributed by atoms with van der Waals surface area (Å²) in [7, 11) is 0. The average Bonchev–Trinajstić information content (AvgIpc) is 2.17. The number of thioether (sulfide) groups is 1. The number of hydrogen-bond donors (Lipinski definition) is 0. The first-order chi connectivity index (χ1) is 6.72. The van der Waals surface area contributed by atoms with Gasteiger partial charge in [-0.05, 0) is 29.4 Å². The van der Waals surface area contributed by atoms with Crippen LogP contribution in [0.2, 0.25) is 0 Å². The smallest absolute Gasteiger partial charge is 0.123 e. The first-order valence-corrected chi connectivity index (χ1v) is 6.29. The van der Waals surface area contributed by atoms with Gasteiger partial charge in [0.1, 0.15) is 5.82 Å². The molecule has 0 aromatic heterocycles. The molecule has 14 heavy (non-hydrogen) atoms. The predicted octanol–water partition coefficient (Wildman–Crippen LogP) is 3.93. The molecule has 1 aromatic carbocycles. The van der Waals surface area contributed by atoms with Gasteiger partial charge in [-0.25, -0.2) is 4.39 Å². The van der Waals surface area contributed by atoms with Crippen LogP contribution >= 0.6 is 23.4 Å². The summed E-state index contributed by atoms with van der Waals surface area (Å²) in [5.41, 5.74) is 1.04. The Morgan fingerprint density at radius 3 is 2.93 bits per heavy atom. The van der Waals surface area contributed by atoms with Crippen molar-refractivity contribution in [3.8, 4) is 0 Å². The molecule has 0 aliphatic heterocycles. The maximum absolute atomic E-state index is 12.8. The summed E-state index contributed by atoms with van der Waals surface area (Å²) >= 11 is 7.48. The second kappa shape index (κ2) is 6.31. The lowest BCUT2D eigenvalue weighted by Crippen LogP contribution is -1.99. The number of halogens is 2. The molecule has 0 nitrogen and oxygen atoms in total. The van der Waals surface area contributed by atoms with Crippen molar-refractivity contribution < 1.29 is 4.39 Å². The minimum absolute atomic E-state index is 0.159. The minimum atomic E-state index is -0.159. The van der Waals surface area contributed by atoms with Crippen LogP contribution in [0, 0.1) is 11.7 Å². The van der Waals surface area contributed by atoms with Crippen LogP contribution in [-0.4, -0.2) is 11.6 Å². The molecule has 0 aliphatic rings. The molecular weight excluding hydrogens is 219 g/mol. The Morgan fingerprint density at radius 2 is 2.29 bits per heavy atom. The fourth-order valence-corrected chi connectivity index (χ4v) is 2.34. The van der Waals surface area contributed by atoms with E-state index in [0.29, 0.717) is 11.8 Å². The molecular formula is C11H14ClFS. The Labute approximate surface area is 93.8 Å². The zero-order chi connectivity index (χ0) is 10.4. The molecule has 0 aliphatic carbocycles. The fraction of sp³-hybridized carbons (Fsp3) is 0.455. The lowest BCUT2D eigenvalue weighted by atomic mass is 10.2. The van der Waals surface area contributed by atoms with E-state index in [1.165, 1.54) is 6.07 Å². The third-order valence-electron chi connectivity index (χ3n) is 1.82. The number of rotatable bonds is 5. The number of benzene rings is 1. The predicted molar refractivity (Wildman–Crippen MR) is 62.4 cm³/mol. The van der Waals surface area contributed by atoms with Gasteiger partial charge in [-0.15, -0.1) is 11.6 Å². The molecule has 1 unspecified atom stereocenters. The van der Waals surface area contributed by atoms with Crippen LogP contribution in [0.5, 0.6) is 0 Å². The molecule has 0 saturated carbocycles. The van der Waals surface area contributed by atoms with Crippen LogP contribution in [0.1, 0.15) is 12.5 Å². The topological polar surface area (TPSA) is 0 Å². The van der Waals surface area contributed by atoms with Gasteiger partial charge in [-0.3, -0.25) is 0 Å². The van der Waals surface area contributed by atoms with E-state index in [4.69, 9.17) is 11.6 Å². The largest absolute Gasteiger partial charge is 0.207 e. The molecule has 78 valence electrons. The van der Waals surface area contributed by atoms with Gasteiger partial charge < -0.3 is 0 Å². The molecule has 3 heteroatoms. The Kier molecular flexibility index (Phi) is 5.34. The Balaban J connectivity index is 2.31. The summed E-state index contributed by atoms with van der Waals surface area (Å²) in [6.07, 6.45) is 0. The molecule has 0 bridgehead atoms. The highest BCUT2D eigenvalue weighted by Crippen LogP contribution is 2.16. The van der Waals surface area contributed by atoms with Crippen molar-refractivity contribution in [3.63, 3.8) is 0 Å². The number of alkyl halides is 1. The monoisotopic (exact) mass is 232 g/mol. The van der Waals surface area contributed by atoms with Gasteiger partial charge in [-0.1, -0.05) is 19.1 Å². The molecule has 0 saturated heterocycles. The SMILES string of the molecule is CC(CCl)CSCc1cccc(F)c1. The maximum Gasteiger partial charge on any atom is 0.123 e. The normalized spacial score (nSPS) is 12.8. The van der Waals surface area contributed by atoms with Crippen LogP contribution in [0.25, 0.3) is 0 Å². The van der Waals surface area contributed by atoms with E-state index in [1.54, 1.807) is 23.9 Å². The summed E-state index contributed by atoms with van der Waals surface area (Å²) < 4.78 is 12.8. The van der Waals surface area contributed by atoms with Gasteiger partial charge in [0.05, 0.1) is 0 Å². The van der Waals surface area contributed by atoms with Crippen molar-refractivity contribution in [3.05, 3.63) is 35.6 Å². The average molecular weight is 233 g/mol. The summed E-state index contributed by atoms with van der Waals surface area (Å²) in [4.78, 5) is 0. The van der Waals surface area contributed by atoms with Crippen LogP contribution in [0.4, 0.5) is 4.39 Å². The second-order valence-electron chi connectivity index (χ2n) is 3.40. The first kappa shape index (κ1) is 11.9. The summed E-state index contributed by atoms with van der Waals surface area (Å²) in [6, 6.07) is 6.74. The van der Waals surface area contributed by atoms with E-state index >= 15 is 0 Å². The Bertz CT molecular complexity index is 278. The van der Waals surface area contributed by atoms with E-state index in [0.717, 1.165) is 17.1 Å². The second-order valence-corrected chi connectivity index (χ2v) is 4.74. The zero-order valence-corrected chi connectivity index (χ0v) is 9.74. The standard InChI is InChI=1S/C11H14ClFS/c1-9(6-12)7-14-8-10-3-2-4-11(13)5-10/h2-5,9H,6-8H2,1H3. The van der Waals surface area contributed by atoms with E-state index in [9.17, 15) is 4.39 Å². The van der Waals surface area contributed by atoms with Gasteiger partial charge >= 0.3 is 0 Å². The van der Waals surface area contributed by atoms with Gasteiger partial charge in [0.2, 0.25) is 0 Å². The Hall–Kier alpha value is -0.210. The first-order valence-electron chi connectivity index (χ1n) is 4.60. The van der Waals surface area contributed by atoms with Crippen molar-refractivity contribution in [2.24, 2.45) is 5.92 Å². The van der Waals surface area contributed by atoms with E-state index in [1.807, 2.05) is 6.07 Å². The molecule has 1 aromatic rings. The molecule has 1 atom stereocenters. The van der Waals surface area contributed by atoms with Gasteiger partial charge in [0.15, 0.2) is 0 Å². The van der Waals surface area contributed by atoms with Crippen molar-refractivity contribution >= 4 is 23.4 Å². The molecule has 0 heterocycles. The minimum Gasteiger partial charge on any atom is -0.207 e. The molecule has 1 rings (SSSR count).